The van der Waals surface area contributed by atoms with E-state index in [4.69, 9.17) is 0 Å². The van der Waals surface area contributed by atoms with Crippen LogP contribution in [0, 0.1) is 13.8 Å². The van der Waals surface area contributed by atoms with Crippen molar-refractivity contribution in [2.45, 2.75) is 39.3 Å². The van der Waals surface area contributed by atoms with E-state index >= 15 is 0 Å². The Labute approximate surface area is 158 Å². The Morgan fingerprint density at radius 3 is 2.50 bits per heavy atom. The van der Waals surface area contributed by atoms with Crippen LogP contribution in [0.2, 0.25) is 0 Å². The summed E-state index contributed by atoms with van der Waals surface area (Å²) in [7, 11) is 3.99. The molecule has 0 atom stereocenters. The topological polar surface area (TPSA) is 45.5 Å². The summed E-state index contributed by atoms with van der Waals surface area (Å²) in [4.78, 5) is 31.3. The van der Waals surface area contributed by atoms with Crippen LogP contribution in [0.25, 0.3) is 0 Å². The minimum atomic E-state index is -0.155. The molecule has 0 unspecified atom stereocenters. The molecule has 140 valence electrons. The second-order valence-electron chi connectivity index (χ2n) is 7.37. The SMILES string of the molecule is Cc1ccsc1CN(CCN(C)C)C(=O)c1c(C)ccn(C2CC2)c1=O. The van der Waals surface area contributed by atoms with Crippen LogP contribution in [0.4, 0.5) is 0 Å². The molecule has 1 saturated carbocycles. The number of amides is 1. The van der Waals surface area contributed by atoms with Crippen LogP contribution in [0.3, 0.4) is 0 Å². The number of thiophene rings is 1. The molecule has 5 nitrogen and oxygen atoms in total. The van der Waals surface area contributed by atoms with Gasteiger partial charge in [-0.15, -0.1) is 11.3 Å². The molecule has 2 aromatic heterocycles. The molecule has 3 rings (SSSR count). The average molecular weight is 374 g/mol. The molecule has 0 N–H and O–H groups in total. The smallest absolute Gasteiger partial charge is 0.263 e. The Morgan fingerprint density at radius 2 is 1.92 bits per heavy atom. The normalized spacial score (nSPS) is 14.0. The summed E-state index contributed by atoms with van der Waals surface area (Å²) >= 11 is 1.66. The molecule has 1 aliphatic carbocycles. The Morgan fingerprint density at radius 1 is 1.19 bits per heavy atom. The highest BCUT2D eigenvalue weighted by Crippen LogP contribution is 2.33. The Hall–Kier alpha value is -1.92. The van der Waals surface area contributed by atoms with E-state index in [2.05, 4.69) is 17.9 Å². The van der Waals surface area contributed by atoms with E-state index in [9.17, 15) is 9.59 Å². The first-order valence-corrected chi connectivity index (χ1v) is 9.95. The van der Waals surface area contributed by atoms with Crippen LogP contribution < -0.4 is 5.56 Å². The maximum Gasteiger partial charge on any atom is 0.263 e. The molecule has 1 fully saturated rings. The third-order valence-corrected chi connectivity index (χ3v) is 5.90. The third-order valence-electron chi connectivity index (χ3n) is 4.89. The van der Waals surface area contributed by atoms with E-state index in [1.165, 1.54) is 10.4 Å². The Kier molecular flexibility index (Phi) is 5.63. The molecular weight excluding hydrogens is 346 g/mol. The molecule has 0 bridgehead atoms. The third kappa shape index (κ3) is 4.07. The molecular formula is C20H27N3O2S. The second kappa shape index (κ2) is 7.76. The van der Waals surface area contributed by atoms with Gasteiger partial charge in [0.2, 0.25) is 0 Å². The predicted molar refractivity (Wildman–Crippen MR) is 106 cm³/mol. The quantitative estimate of drug-likeness (QED) is 0.749. The van der Waals surface area contributed by atoms with Crippen LogP contribution in [0.1, 0.15) is 45.2 Å². The summed E-state index contributed by atoms with van der Waals surface area (Å²) in [5, 5.41) is 2.05. The summed E-state index contributed by atoms with van der Waals surface area (Å²) < 4.78 is 1.74. The van der Waals surface area contributed by atoms with Gasteiger partial charge in [0.1, 0.15) is 5.56 Å². The molecule has 1 aliphatic rings. The van der Waals surface area contributed by atoms with Crippen molar-refractivity contribution in [3.63, 3.8) is 0 Å². The predicted octanol–water partition coefficient (Wildman–Crippen LogP) is 3.07. The van der Waals surface area contributed by atoms with Gasteiger partial charge in [0.25, 0.3) is 11.5 Å². The second-order valence-corrected chi connectivity index (χ2v) is 8.37. The first-order valence-electron chi connectivity index (χ1n) is 9.07. The van der Waals surface area contributed by atoms with E-state index in [0.29, 0.717) is 18.7 Å². The highest BCUT2D eigenvalue weighted by Gasteiger charge is 2.28. The van der Waals surface area contributed by atoms with Gasteiger partial charge in [-0.2, -0.15) is 0 Å². The van der Waals surface area contributed by atoms with E-state index < -0.39 is 0 Å². The van der Waals surface area contributed by atoms with Crippen molar-refractivity contribution in [2.75, 3.05) is 27.2 Å². The van der Waals surface area contributed by atoms with E-state index in [0.717, 1.165) is 24.9 Å². The number of hydrogen-bond donors (Lipinski definition) is 0. The maximum atomic E-state index is 13.3. The molecule has 0 radical (unpaired) electrons. The highest BCUT2D eigenvalue weighted by molar-refractivity contribution is 7.10. The molecule has 2 heterocycles. The lowest BCUT2D eigenvalue weighted by Crippen LogP contribution is -2.40. The number of carbonyl (C=O) groups excluding carboxylic acids is 1. The molecule has 6 heteroatoms. The van der Waals surface area contributed by atoms with Crippen molar-refractivity contribution in [3.8, 4) is 0 Å². The highest BCUT2D eigenvalue weighted by atomic mass is 32.1. The van der Waals surface area contributed by atoms with Crippen LogP contribution in [0.5, 0.6) is 0 Å². The monoisotopic (exact) mass is 373 g/mol. The van der Waals surface area contributed by atoms with Crippen LogP contribution >= 0.6 is 11.3 Å². The summed E-state index contributed by atoms with van der Waals surface area (Å²) in [5.41, 5.74) is 2.13. The zero-order valence-electron chi connectivity index (χ0n) is 16.0. The Balaban J connectivity index is 1.93. The van der Waals surface area contributed by atoms with E-state index in [1.807, 2.05) is 43.6 Å². The number of aryl methyl sites for hydroxylation is 2. The van der Waals surface area contributed by atoms with Crippen LogP contribution in [-0.4, -0.2) is 47.5 Å². The number of likely N-dealkylation sites (N-methyl/N-ethyl adjacent to an activating group) is 1. The van der Waals surface area contributed by atoms with E-state index in [1.54, 1.807) is 15.9 Å². The molecule has 0 spiro atoms. The Bertz CT molecular complexity index is 849. The van der Waals surface area contributed by atoms with Crippen molar-refractivity contribution < 1.29 is 4.79 Å². The number of carbonyl (C=O) groups is 1. The average Bonchev–Trinajstić information content (AvgIpc) is 3.34. The van der Waals surface area contributed by atoms with Crippen molar-refractivity contribution in [3.05, 3.63) is 55.6 Å². The fourth-order valence-corrected chi connectivity index (χ4v) is 3.93. The first kappa shape index (κ1) is 18.9. The number of aromatic nitrogens is 1. The number of nitrogens with zero attached hydrogens (tertiary/aromatic N) is 3. The number of hydrogen-bond acceptors (Lipinski definition) is 4. The summed E-state index contributed by atoms with van der Waals surface area (Å²) in [6.45, 7) is 5.83. The number of rotatable bonds is 7. The van der Waals surface area contributed by atoms with Crippen molar-refractivity contribution in [2.24, 2.45) is 0 Å². The lowest BCUT2D eigenvalue weighted by atomic mass is 10.1. The fourth-order valence-electron chi connectivity index (χ4n) is 3.01. The van der Waals surface area contributed by atoms with Gasteiger partial charge >= 0.3 is 0 Å². The van der Waals surface area contributed by atoms with Gasteiger partial charge in [0, 0.05) is 30.2 Å². The summed E-state index contributed by atoms with van der Waals surface area (Å²) in [6, 6.07) is 4.24. The van der Waals surface area contributed by atoms with E-state index in [-0.39, 0.29) is 17.5 Å². The molecule has 0 saturated heterocycles. The molecule has 0 aromatic carbocycles. The minimum Gasteiger partial charge on any atom is -0.332 e. The number of pyridine rings is 1. The van der Waals surface area contributed by atoms with Crippen LogP contribution in [0.15, 0.2) is 28.5 Å². The van der Waals surface area contributed by atoms with Crippen molar-refractivity contribution in [1.29, 1.82) is 0 Å². The summed E-state index contributed by atoms with van der Waals surface area (Å²) in [6.07, 6.45) is 3.88. The standard InChI is InChI=1S/C20H27N3O2S/c1-14-8-12-26-17(14)13-22(11-10-21(3)4)19(24)18-15(2)7-9-23(20(18)25)16-5-6-16/h7-9,12,16H,5-6,10-11,13H2,1-4H3. The summed E-state index contributed by atoms with van der Waals surface area (Å²) in [5.74, 6) is -0.155. The zero-order chi connectivity index (χ0) is 18.8. The van der Waals surface area contributed by atoms with Gasteiger partial charge in [-0.3, -0.25) is 9.59 Å². The molecule has 26 heavy (non-hydrogen) atoms. The van der Waals surface area contributed by atoms with Crippen LogP contribution in [-0.2, 0) is 6.54 Å². The van der Waals surface area contributed by atoms with Gasteiger partial charge in [-0.1, -0.05) is 0 Å². The van der Waals surface area contributed by atoms with Gasteiger partial charge in [0.15, 0.2) is 0 Å². The molecule has 0 aliphatic heterocycles. The lowest BCUT2D eigenvalue weighted by Gasteiger charge is -2.25. The first-order chi connectivity index (χ1) is 12.4. The molecule has 2 aromatic rings. The fraction of sp³-hybridized carbons (Fsp3) is 0.500. The van der Waals surface area contributed by atoms with Crippen molar-refractivity contribution >= 4 is 17.2 Å². The molecule has 1 amide bonds. The zero-order valence-corrected chi connectivity index (χ0v) is 16.8. The van der Waals surface area contributed by atoms with Gasteiger partial charge in [0.05, 0.1) is 6.54 Å². The van der Waals surface area contributed by atoms with Gasteiger partial charge in [-0.25, -0.2) is 0 Å². The van der Waals surface area contributed by atoms with Gasteiger partial charge in [-0.05, 0) is 69.4 Å². The largest absolute Gasteiger partial charge is 0.332 e. The van der Waals surface area contributed by atoms with Gasteiger partial charge < -0.3 is 14.4 Å². The lowest BCUT2D eigenvalue weighted by molar-refractivity contribution is 0.0730. The maximum absolute atomic E-state index is 13.3. The van der Waals surface area contributed by atoms with Crippen molar-refractivity contribution in [1.82, 2.24) is 14.4 Å². The minimum absolute atomic E-state index is 0.143.